The minimum atomic E-state index is 0.139. The molecule has 1 spiro atoms. The molecule has 2 unspecified atom stereocenters. The zero-order valence-electron chi connectivity index (χ0n) is 17.8. The third-order valence-corrected chi connectivity index (χ3v) is 10.5. The third-order valence-electron chi connectivity index (χ3n) is 9.32. The molecule has 0 saturated heterocycles. The lowest BCUT2D eigenvalue weighted by Crippen LogP contribution is -2.39. The van der Waals surface area contributed by atoms with Crippen molar-refractivity contribution in [2.45, 2.75) is 24.7 Å². The summed E-state index contributed by atoms with van der Waals surface area (Å²) in [5.74, 6) is 2.21. The van der Waals surface area contributed by atoms with Gasteiger partial charge in [0, 0.05) is 25.6 Å². The van der Waals surface area contributed by atoms with Crippen molar-refractivity contribution >= 4 is 42.3 Å². The van der Waals surface area contributed by atoms with Crippen LogP contribution in [0.5, 0.6) is 0 Å². The number of rotatable bonds is 0. The van der Waals surface area contributed by atoms with Crippen molar-refractivity contribution in [1.29, 1.82) is 0 Å². The molecular formula is C31H22S. The van der Waals surface area contributed by atoms with Crippen molar-refractivity contribution < 1.29 is 0 Å². The van der Waals surface area contributed by atoms with Crippen LogP contribution >= 0.6 is 11.3 Å². The minimum absolute atomic E-state index is 0.139. The van der Waals surface area contributed by atoms with E-state index in [9.17, 15) is 0 Å². The molecule has 0 N–H and O–H groups in total. The van der Waals surface area contributed by atoms with Crippen molar-refractivity contribution in [3.8, 4) is 11.1 Å². The van der Waals surface area contributed by atoms with E-state index in [1.807, 2.05) is 11.3 Å². The molecule has 0 amide bonds. The number of hydrogen-bond acceptors (Lipinski definition) is 1. The first-order chi connectivity index (χ1) is 15.8. The van der Waals surface area contributed by atoms with Gasteiger partial charge in [-0.15, -0.1) is 11.3 Å². The van der Waals surface area contributed by atoms with E-state index in [2.05, 4.69) is 78.9 Å². The molecule has 9 rings (SSSR count). The minimum Gasteiger partial charge on any atom is -0.135 e. The molecule has 32 heavy (non-hydrogen) atoms. The highest BCUT2D eigenvalue weighted by Gasteiger charge is 2.64. The fourth-order valence-electron chi connectivity index (χ4n) is 8.32. The molecule has 1 heteroatoms. The fraction of sp³-hybridized carbons (Fsp3) is 0.226. The Morgan fingerprint density at radius 3 is 2.56 bits per heavy atom. The van der Waals surface area contributed by atoms with Crippen LogP contribution in [0, 0.1) is 17.8 Å². The van der Waals surface area contributed by atoms with Crippen LogP contribution < -0.4 is 0 Å². The average molecular weight is 427 g/mol. The van der Waals surface area contributed by atoms with Gasteiger partial charge in [0.15, 0.2) is 0 Å². The van der Waals surface area contributed by atoms with E-state index < -0.39 is 0 Å². The van der Waals surface area contributed by atoms with Crippen LogP contribution in [0.25, 0.3) is 42.1 Å². The Hall–Kier alpha value is -2.90. The van der Waals surface area contributed by atoms with Crippen LogP contribution in [0.3, 0.4) is 0 Å². The zero-order valence-corrected chi connectivity index (χ0v) is 18.6. The summed E-state index contributed by atoms with van der Waals surface area (Å²) in [6, 6.07) is 28.0. The predicted molar refractivity (Wildman–Crippen MR) is 135 cm³/mol. The zero-order chi connectivity index (χ0) is 20.6. The number of benzene rings is 4. The molecule has 1 heterocycles. The molecule has 1 aromatic heterocycles. The fourth-order valence-corrected chi connectivity index (χ4v) is 9.44. The molecule has 152 valence electrons. The normalized spacial score (nSPS) is 28.9. The van der Waals surface area contributed by atoms with E-state index in [-0.39, 0.29) is 5.41 Å². The van der Waals surface area contributed by atoms with Crippen molar-refractivity contribution in [3.63, 3.8) is 0 Å². The maximum absolute atomic E-state index is 2.73. The lowest BCUT2D eigenvalue weighted by atomic mass is 9.59. The highest BCUT2D eigenvalue weighted by Crippen LogP contribution is 2.72. The maximum atomic E-state index is 2.73. The van der Waals surface area contributed by atoms with E-state index in [0.717, 1.165) is 5.92 Å². The van der Waals surface area contributed by atoms with Gasteiger partial charge in [0.05, 0.1) is 0 Å². The van der Waals surface area contributed by atoms with Gasteiger partial charge in [-0.3, -0.25) is 0 Å². The number of hydrogen-bond donors (Lipinski definition) is 0. The van der Waals surface area contributed by atoms with E-state index >= 15 is 0 Å². The Morgan fingerprint density at radius 1 is 0.781 bits per heavy atom. The summed E-state index contributed by atoms with van der Waals surface area (Å²) >= 11 is 1.97. The largest absolute Gasteiger partial charge is 0.135 e. The molecule has 4 aliphatic carbocycles. The standard InChI is InChI=1S/C31H22S/c1-2-6-18-15-26-24(14-17(18)5-1)21-10-12-28-29(22-7-3-4-8-27(22)32-28)30(21)31(26)20-13-19-9-11-25(31)23(19)16-20/h1-8,10,12,14-16,19-20,25H,9,11,13H2/t19?,20-,25+,31?/m1/s1. The summed E-state index contributed by atoms with van der Waals surface area (Å²) < 4.78 is 2.89. The maximum Gasteiger partial charge on any atom is 0.0358 e. The quantitative estimate of drug-likeness (QED) is 0.218. The second-order valence-electron chi connectivity index (χ2n) is 10.4. The van der Waals surface area contributed by atoms with E-state index in [4.69, 9.17) is 0 Å². The predicted octanol–water partition coefficient (Wildman–Crippen LogP) is 8.46. The Balaban J connectivity index is 1.51. The van der Waals surface area contributed by atoms with Crippen LogP contribution in [0.15, 0.2) is 84.4 Å². The van der Waals surface area contributed by atoms with Gasteiger partial charge in [0.1, 0.15) is 0 Å². The molecule has 0 radical (unpaired) electrons. The lowest BCUT2D eigenvalue weighted by Gasteiger charge is -2.42. The van der Waals surface area contributed by atoms with Crippen molar-refractivity contribution in [1.82, 2.24) is 0 Å². The number of allylic oxidation sites excluding steroid dienone is 2. The molecule has 5 aromatic rings. The highest BCUT2D eigenvalue weighted by atomic mass is 32.1. The third kappa shape index (κ3) is 1.67. The Morgan fingerprint density at radius 2 is 1.62 bits per heavy atom. The second kappa shape index (κ2) is 5.35. The SMILES string of the molecule is C1=C2C3CC[C@@H]2C2(c4cc5ccccc5cc4-c4ccc5sc6ccccc6c5c42)[C@@H]1C3. The van der Waals surface area contributed by atoms with Crippen molar-refractivity contribution in [2.75, 3.05) is 0 Å². The van der Waals surface area contributed by atoms with Gasteiger partial charge in [0.2, 0.25) is 0 Å². The van der Waals surface area contributed by atoms with E-state index in [1.165, 1.54) is 55.9 Å². The molecule has 0 aliphatic heterocycles. The van der Waals surface area contributed by atoms with E-state index in [1.54, 1.807) is 22.1 Å². The molecule has 4 atom stereocenters. The summed E-state index contributed by atoms with van der Waals surface area (Å²) in [6.45, 7) is 0. The summed E-state index contributed by atoms with van der Waals surface area (Å²) in [6.07, 6.45) is 6.84. The van der Waals surface area contributed by atoms with Crippen LogP contribution in [-0.2, 0) is 5.41 Å². The molecule has 4 aromatic carbocycles. The summed E-state index contributed by atoms with van der Waals surface area (Å²) in [5, 5.41) is 5.78. The first kappa shape index (κ1) is 16.7. The Kier molecular flexibility index (Phi) is 2.79. The first-order valence-electron chi connectivity index (χ1n) is 12.0. The summed E-state index contributed by atoms with van der Waals surface area (Å²) in [7, 11) is 0. The van der Waals surface area contributed by atoms with Crippen molar-refractivity contribution in [2.24, 2.45) is 17.8 Å². The Labute approximate surface area is 191 Å². The molecular weight excluding hydrogens is 404 g/mol. The van der Waals surface area contributed by atoms with Gasteiger partial charge in [0.25, 0.3) is 0 Å². The smallest absolute Gasteiger partial charge is 0.0358 e. The van der Waals surface area contributed by atoms with Gasteiger partial charge in [-0.1, -0.05) is 60.2 Å². The van der Waals surface area contributed by atoms with Crippen molar-refractivity contribution in [3.05, 3.63) is 95.6 Å². The monoisotopic (exact) mass is 426 g/mol. The lowest BCUT2D eigenvalue weighted by molar-refractivity contribution is 0.288. The van der Waals surface area contributed by atoms with Crippen LogP contribution in [-0.4, -0.2) is 0 Å². The van der Waals surface area contributed by atoms with Gasteiger partial charge in [-0.2, -0.15) is 0 Å². The highest BCUT2D eigenvalue weighted by molar-refractivity contribution is 7.25. The van der Waals surface area contributed by atoms with Gasteiger partial charge in [-0.25, -0.2) is 0 Å². The molecule has 4 aliphatic rings. The summed E-state index contributed by atoms with van der Waals surface area (Å²) in [4.78, 5) is 0. The number of thiophene rings is 1. The first-order valence-corrected chi connectivity index (χ1v) is 12.9. The van der Waals surface area contributed by atoms with E-state index in [0.29, 0.717) is 11.8 Å². The van der Waals surface area contributed by atoms with Gasteiger partial charge < -0.3 is 0 Å². The Bertz CT molecular complexity index is 1680. The van der Waals surface area contributed by atoms with Crippen LogP contribution in [0.4, 0.5) is 0 Å². The molecule has 2 bridgehead atoms. The second-order valence-corrected chi connectivity index (χ2v) is 11.5. The van der Waals surface area contributed by atoms with Crippen LogP contribution in [0.1, 0.15) is 30.4 Å². The molecule has 1 fully saturated rings. The van der Waals surface area contributed by atoms with Crippen LogP contribution in [0.2, 0.25) is 0 Å². The topological polar surface area (TPSA) is 0 Å². The summed E-state index contributed by atoms with van der Waals surface area (Å²) in [5.41, 5.74) is 8.24. The van der Waals surface area contributed by atoms with Gasteiger partial charge in [-0.05, 0) is 94.3 Å². The van der Waals surface area contributed by atoms with Gasteiger partial charge >= 0.3 is 0 Å². The molecule has 0 nitrogen and oxygen atoms in total. The average Bonchev–Trinajstić information content (AvgIpc) is 3.59. The molecule has 1 saturated carbocycles. The number of fused-ring (bicyclic) bond motifs is 13.